The summed E-state index contributed by atoms with van der Waals surface area (Å²) in [4.78, 5) is 13.1. The van der Waals surface area contributed by atoms with Gasteiger partial charge in [-0.15, -0.1) is 0 Å². The quantitative estimate of drug-likeness (QED) is 0.787. The summed E-state index contributed by atoms with van der Waals surface area (Å²) in [6.07, 6.45) is 0. The average molecular weight is 280 g/mol. The highest BCUT2D eigenvalue weighted by atomic mass is 16.5. The molecular weight excluding hydrogens is 260 g/mol. The molecule has 0 aliphatic carbocycles. The molecule has 0 radical (unpaired) electrons. The van der Waals surface area contributed by atoms with Crippen molar-refractivity contribution in [1.29, 1.82) is 0 Å². The Morgan fingerprint density at radius 3 is 2.75 bits per heavy atom. The maximum atomic E-state index is 11.1. The number of hydrogen-bond acceptors (Lipinski definition) is 5. The molecule has 1 aromatic carbocycles. The predicted octanol–water partition coefficient (Wildman–Crippen LogP) is 0.432. The van der Waals surface area contributed by atoms with Crippen molar-refractivity contribution in [3.8, 4) is 11.5 Å². The van der Waals surface area contributed by atoms with Crippen LogP contribution in [-0.2, 0) is 4.79 Å². The van der Waals surface area contributed by atoms with Gasteiger partial charge in [-0.25, -0.2) is 0 Å². The number of carboxylic acid groups (broad SMARTS) is 1. The number of piperazine rings is 1. The molecule has 0 spiro atoms. The van der Waals surface area contributed by atoms with Gasteiger partial charge in [-0.2, -0.15) is 0 Å². The van der Waals surface area contributed by atoms with Crippen LogP contribution in [0.1, 0.15) is 0 Å². The van der Waals surface area contributed by atoms with Gasteiger partial charge in [0.05, 0.1) is 7.11 Å². The van der Waals surface area contributed by atoms with Crippen LogP contribution in [0, 0.1) is 0 Å². The smallest absolute Gasteiger partial charge is 0.322 e. The molecule has 1 aromatic rings. The van der Waals surface area contributed by atoms with Gasteiger partial charge in [-0.3, -0.25) is 9.69 Å². The highest BCUT2D eigenvalue weighted by molar-refractivity contribution is 5.73. The average Bonchev–Trinajstić information content (AvgIpc) is 2.48. The third-order valence-corrected chi connectivity index (χ3v) is 3.35. The van der Waals surface area contributed by atoms with Crippen molar-refractivity contribution in [1.82, 2.24) is 10.2 Å². The molecule has 1 heterocycles. The molecule has 0 saturated carbocycles. The Balaban J connectivity index is 1.80. The number of benzene rings is 1. The van der Waals surface area contributed by atoms with Gasteiger partial charge in [-0.1, -0.05) is 0 Å². The highest BCUT2D eigenvalue weighted by Gasteiger charge is 2.27. The molecule has 6 nitrogen and oxygen atoms in total. The van der Waals surface area contributed by atoms with Crippen molar-refractivity contribution in [2.45, 2.75) is 6.04 Å². The van der Waals surface area contributed by atoms with Crippen molar-refractivity contribution in [3.05, 3.63) is 24.3 Å². The van der Waals surface area contributed by atoms with Gasteiger partial charge in [-0.05, 0) is 24.3 Å². The number of nitrogens with one attached hydrogen (secondary N) is 1. The summed E-state index contributed by atoms with van der Waals surface area (Å²) in [5, 5.41) is 12.2. The lowest BCUT2D eigenvalue weighted by molar-refractivity contribution is -0.144. The Labute approximate surface area is 118 Å². The molecule has 1 saturated heterocycles. The second kappa shape index (κ2) is 7.12. The van der Waals surface area contributed by atoms with E-state index in [1.807, 2.05) is 29.2 Å². The van der Waals surface area contributed by atoms with Crippen molar-refractivity contribution in [3.63, 3.8) is 0 Å². The second-order valence-corrected chi connectivity index (χ2v) is 4.62. The first-order chi connectivity index (χ1) is 9.70. The van der Waals surface area contributed by atoms with E-state index in [0.717, 1.165) is 24.6 Å². The van der Waals surface area contributed by atoms with Gasteiger partial charge < -0.3 is 19.9 Å². The van der Waals surface area contributed by atoms with Crippen molar-refractivity contribution in [2.75, 3.05) is 39.9 Å². The predicted molar refractivity (Wildman–Crippen MR) is 74.4 cm³/mol. The summed E-state index contributed by atoms with van der Waals surface area (Å²) in [7, 11) is 1.62. The maximum absolute atomic E-state index is 11.1. The Kier molecular flexibility index (Phi) is 5.20. The molecule has 0 aromatic heterocycles. The Morgan fingerprint density at radius 1 is 1.40 bits per heavy atom. The number of carboxylic acids is 1. The fraction of sp³-hybridized carbons (Fsp3) is 0.500. The Morgan fingerprint density at radius 2 is 2.10 bits per heavy atom. The van der Waals surface area contributed by atoms with Gasteiger partial charge >= 0.3 is 5.97 Å². The number of methoxy groups -OCH3 is 1. The minimum Gasteiger partial charge on any atom is -0.497 e. The fourth-order valence-corrected chi connectivity index (χ4v) is 2.21. The van der Waals surface area contributed by atoms with Crippen LogP contribution in [0.25, 0.3) is 0 Å². The van der Waals surface area contributed by atoms with Gasteiger partial charge in [0.2, 0.25) is 0 Å². The van der Waals surface area contributed by atoms with E-state index in [9.17, 15) is 4.79 Å². The summed E-state index contributed by atoms with van der Waals surface area (Å²) in [6, 6.07) is 6.87. The van der Waals surface area contributed by atoms with E-state index in [0.29, 0.717) is 19.7 Å². The molecule has 1 fully saturated rings. The molecule has 0 amide bonds. The van der Waals surface area contributed by atoms with Crippen molar-refractivity contribution >= 4 is 5.97 Å². The number of ether oxygens (including phenoxy) is 2. The summed E-state index contributed by atoms with van der Waals surface area (Å²) in [6.45, 7) is 3.09. The lowest BCUT2D eigenvalue weighted by Crippen LogP contribution is -2.55. The van der Waals surface area contributed by atoms with E-state index in [4.69, 9.17) is 14.6 Å². The molecule has 1 unspecified atom stereocenters. The first-order valence-electron chi connectivity index (χ1n) is 6.65. The van der Waals surface area contributed by atoms with Crippen LogP contribution in [0.5, 0.6) is 11.5 Å². The minimum absolute atomic E-state index is 0.468. The number of hydrogen-bond donors (Lipinski definition) is 2. The third-order valence-electron chi connectivity index (χ3n) is 3.35. The Hall–Kier alpha value is -1.79. The van der Waals surface area contributed by atoms with E-state index in [1.165, 1.54) is 0 Å². The number of rotatable bonds is 6. The molecule has 6 heteroatoms. The summed E-state index contributed by atoms with van der Waals surface area (Å²) >= 11 is 0. The van der Waals surface area contributed by atoms with Crippen LogP contribution in [0.4, 0.5) is 0 Å². The zero-order valence-electron chi connectivity index (χ0n) is 11.5. The number of carbonyl (C=O) groups is 1. The normalized spacial score (nSPS) is 19.6. The van der Waals surface area contributed by atoms with Crippen LogP contribution >= 0.6 is 0 Å². The molecule has 0 bridgehead atoms. The van der Waals surface area contributed by atoms with Gasteiger partial charge in [0.15, 0.2) is 0 Å². The SMILES string of the molecule is COc1ccc(OCCN2CCNCC2C(=O)O)cc1. The summed E-state index contributed by atoms with van der Waals surface area (Å²) in [5.41, 5.74) is 0. The lowest BCUT2D eigenvalue weighted by atomic mass is 10.2. The van der Waals surface area contributed by atoms with E-state index < -0.39 is 12.0 Å². The first-order valence-corrected chi connectivity index (χ1v) is 6.65. The fourth-order valence-electron chi connectivity index (χ4n) is 2.21. The van der Waals surface area contributed by atoms with E-state index in [-0.39, 0.29) is 0 Å². The molecule has 2 rings (SSSR count). The van der Waals surface area contributed by atoms with E-state index in [1.54, 1.807) is 7.11 Å². The molecular formula is C14H20N2O4. The summed E-state index contributed by atoms with van der Waals surface area (Å²) in [5.74, 6) is 0.750. The summed E-state index contributed by atoms with van der Waals surface area (Å²) < 4.78 is 10.7. The van der Waals surface area contributed by atoms with Gasteiger partial charge in [0.1, 0.15) is 24.1 Å². The molecule has 2 N–H and O–H groups in total. The number of nitrogens with zero attached hydrogens (tertiary/aromatic N) is 1. The standard InChI is InChI=1S/C14H20N2O4/c1-19-11-2-4-12(5-3-11)20-9-8-16-7-6-15-10-13(16)14(17)18/h2-5,13,15H,6-10H2,1H3,(H,17,18). The van der Waals surface area contributed by atoms with Crippen LogP contribution in [0.15, 0.2) is 24.3 Å². The van der Waals surface area contributed by atoms with Crippen LogP contribution in [0.3, 0.4) is 0 Å². The maximum Gasteiger partial charge on any atom is 0.322 e. The zero-order valence-corrected chi connectivity index (χ0v) is 11.5. The van der Waals surface area contributed by atoms with Crippen molar-refractivity contribution < 1.29 is 19.4 Å². The molecule has 1 atom stereocenters. The molecule has 1 aliphatic heterocycles. The molecule has 1 aliphatic rings. The highest BCUT2D eigenvalue weighted by Crippen LogP contribution is 2.17. The topological polar surface area (TPSA) is 71.0 Å². The Bertz CT molecular complexity index is 435. The van der Waals surface area contributed by atoms with Crippen molar-refractivity contribution in [2.24, 2.45) is 0 Å². The second-order valence-electron chi connectivity index (χ2n) is 4.62. The van der Waals surface area contributed by atoms with Crippen LogP contribution in [-0.4, -0.2) is 61.9 Å². The zero-order chi connectivity index (χ0) is 14.4. The van der Waals surface area contributed by atoms with Gasteiger partial charge in [0, 0.05) is 26.2 Å². The van der Waals surface area contributed by atoms with E-state index >= 15 is 0 Å². The molecule has 20 heavy (non-hydrogen) atoms. The third kappa shape index (κ3) is 3.85. The number of aliphatic carboxylic acids is 1. The van der Waals surface area contributed by atoms with Gasteiger partial charge in [0.25, 0.3) is 0 Å². The monoisotopic (exact) mass is 280 g/mol. The van der Waals surface area contributed by atoms with Crippen LogP contribution < -0.4 is 14.8 Å². The first kappa shape index (κ1) is 14.6. The van der Waals surface area contributed by atoms with Crippen LogP contribution in [0.2, 0.25) is 0 Å². The lowest BCUT2D eigenvalue weighted by Gasteiger charge is -2.33. The minimum atomic E-state index is -0.790. The molecule has 110 valence electrons. The van der Waals surface area contributed by atoms with E-state index in [2.05, 4.69) is 5.32 Å². The largest absolute Gasteiger partial charge is 0.497 e.